The molecule has 0 aliphatic heterocycles. The predicted molar refractivity (Wildman–Crippen MR) is 155 cm³/mol. The van der Waals surface area contributed by atoms with Crippen LogP contribution in [0.1, 0.15) is 50.4 Å². The van der Waals surface area contributed by atoms with E-state index in [0.29, 0.717) is 33.7 Å². The average Bonchev–Trinajstić information content (AvgIpc) is 3.20. The Kier molecular flexibility index (Phi) is 7.67. The van der Waals surface area contributed by atoms with Gasteiger partial charge in [0, 0.05) is 40.0 Å². The number of Topliss-reactive ketones (excluding diaryl/α,β-unsaturated/α-hetero) is 1. The van der Waals surface area contributed by atoms with Crippen LogP contribution in [0.25, 0.3) is 21.9 Å². The first-order valence-electron chi connectivity index (χ1n) is 13.0. The van der Waals surface area contributed by atoms with Crippen molar-refractivity contribution in [3.8, 4) is 0 Å². The molecule has 0 aliphatic carbocycles. The van der Waals surface area contributed by atoms with Gasteiger partial charge in [-0.05, 0) is 74.4 Å². The molecule has 202 valence electrons. The van der Waals surface area contributed by atoms with Gasteiger partial charge in [0.25, 0.3) is 5.91 Å². The quantitative estimate of drug-likeness (QED) is 0.143. The van der Waals surface area contributed by atoms with Gasteiger partial charge in [0.1, 0.15) is 11.1 Å². The summed E-state index contributed by atoms with van der Waals surface area (Å²) in [5.41, 5.74) is 3.46. The third-order valence-electron chi connectivity index (χ3n) is 6.97. The molecule has 0 radical (unpaired) electrons. The monoisotopic (exact) mass is 554 g/mol. The van der Waals surface area contributed by atoms with Crippen molar-refractivity contribution in [2.45, 2.75) is 33.1 Å². The number of nitrogens with zero attached hydrogens (tertiary/aromatic N) is 1. The number of carbonyl (C=O) groups excluding carboxylic acids is 3. The number of amides is 1. The second-order valence-corrected chi connectivity index (χ2v) is 10.2. The molecular weight excluding hydrogens is 528 g/mol. The molecule has 2 heterocycles. The minimum absolute atomic E-state index is 0.00850. The zero-order valence-corrected chi connectivity index (χ0v) is 22.9. The molecular formula is C32H27ClN2O5. The fraction of sp³-hybridized carbons (Fsp3) is 0.188. The maximum atomic E-state index is 13.4. The molecule has 1 amide bonds. The summed E-state index contributed by atoms with van der Waals surface area (Å²) in [5.74, 6) is -0.754. The fourth-order valence-electron chi connectivity index (χ4n) is 4.89. The van der Waals surface area contributed by atoms with Crippen LogP contribution in [0.3, 0.4) is 0 Å². The third-order valence-corrected chi connectivity index (χ3v) is 7.22. The standard InChI is InChI=1S/C32H27ClN2O5/c1-19-9-14-27-25(16-19)24(20(2)35(27)31(38)21-10-12-23(33)13-11-21)18-30(37)34-15-5-7-28(36)26-17-22-6-3-4-8-29(22)40-32(26)39/h3-4,6,8-14,16-17H,5,7,15,18H2,1-2H3,(H,34,37). The number of ketones is 1. The summed E-state index contributed by atoms with van der Waals surface area (Å²) in [7, 11) is 0. The summed E-state index contributed by atoms with van der Waals surface area (Å²) in [6.07, 6.45) is 0.539. The van der Waals surface area contributed by atoms with Gasteiger partial charge in [-0.15, -0.1) is 0 Å². The smallest absolute Gasteiger partial charge is 0.347 e. The van der Waals surface area contributed by atoms with Gasteiger partial charge in [0.05, 0.1) is 11.9 Å². The lowest BCUT2D eigenvalue weighted by Gasteiger charge is -2.08. The molecule has 0 atom stereocenters. The van der Waals surface area contributed by atoms with E-state index in [0.717, 1.165) is 22.0 Å². The molecule has 0 fully saturated rings. The number of hydrogen-bond acceptors (Lipinski definition) is 5. The Balaban J connectivity index is 1.27. The average molecular weight is 555 g/mol. The van der Waals surface area contributed by atoms with E-state index in [2.05, 4.69) is 5.32 Å². The van der Waals surface area contributed by atoms with Crippen LogP contribution in [-0.2, 0) is 11.2 Å². The van der Waals surface area contributed by atoms with Crippen LogP contribution in [0.5, 0.6) is 0 Å². The summed E-state index contributed by atoms with van der Waals surface area (Å²) in [5, 5.41) is 4.93. The molecule has 5 aromatic rings. The van der Waals surface area contributed by atoms with Gasteiger partial charge in [0.15, 0.2) is 5.78 Å². The Bertz CT molecular complexity index is 1830. The van der Waals surface area contributed by atoms with E-state index in [-0.39, 0.29) is 42.5 Å². The van der Waals surface area contributed by atoms with Crippen LogP contribution in [0.2, 0.25) is 5.02 Å². The number of fused-ring (bicyclic) bond motifs is 2. The van der Waals surface area contributed by atoms with Crippen molar-refractivity contribution in [2.24, 2.45) is 0 Å². The van der Waals surface area contributed by atoms with Crippen molar-refractivity contribution in [1.29, 1.82) is 0 Å². The first-order chi connectivity index (χ1) is 19.2. The van der Waals surface area contributed by atoms with Gasteiger partial charge < -0.3 is 9.73 Å². The molecule has 0 bridgehead atoms. The van der Waals surface area contributed by atoms with Crippen molar-refractivity contribution < 1.29 is 18.8 Å². The maximum Gasteiger partial charge on any atom is 0.347 e. The van der Waals surface area contributed by atoms with Crippen molar-refractivity contribution in [3.05, 3.63) is 116 Å². The van der Waals surface area contributed by atoms with Crippen molar-refractivity contribution in [3.63, 3.8) is 0 Å². The highest BCUT2D eigenvalue weighted by molar-refractivity contribution is 6.30. The molecule has 7 nitrogen and oxygen atoms in total. The van der Waals surface area contributed by atoms with Crippen LogP contribution in [-0.4, -0.2) is 28.7 Å². The van der Waals surface area contributed by atoms with Crippen LogP contribution in [0.15, 0.2) is 82.0 Å². The number of aromatic nitrogens is 1. The highest BCUT2D eigenvalue weighted by atomic mass is 35.5. The number of para-hydroxylation sites is 1. The lowest BCUT2D eigenvalue weighted by molar-refractivity contribution is -0.120. The number of rotatable bonds is 8. The van der Waals surface area contributed by atoms with Crippen LogP contribution in [0, 0.1) is 13.8 Å². The number of halogens is 1. The number of benzene rings is 3. The maximum absolute atomic E-state index is 13.4. The summed E-state index contributed by atoms with van der Waals surface area (Å²) in [6, 6.07) is 21.1. The van der Waals surface area contributed by atoms with Gasteiger partial charge in [-0.2, -0.15) is 0 Å². The molecule has 0 aliphatic rings. The van der Waals surface area contributed by atoms with E-state index < -0.39 is 5.63 Å². The van der Waals surface area contributed by atoms with E-state index in [9.17, 15) is 19.2 Å². The molecule has 0 unspecified atom stereocenters. The molecule has 5 rings (SSSR count). The van der Waals surface area contributed by atoms with Crippen molar-refractivity contribution >= 4 is 51.1 Å². The zero-order chi connectivity index (χ0) is 28.4. The molecule has 2 aromatic heterocycles. The van der Waals surface area contributed by atoms with Crippen molar-refractivity contribution in [1.82, 2.24) is 9.88 Å². The zero-order valence-electron chi connectivity index (χ0n) is 22.1. The summed E-state index contributed by atoms with van der Waals surface area (Å²) < 4.78 is 6.89. The number of carbonyl (C=O) groups is 3. The number of nitrogens with one attached hydrogen (secondary N) is 1. The lowest BCUT2D eigenvalue weighted by atomic mass is 10.1. The van der Waals surface area contributed by atoms with Gasteiger partial charge in [-0.1, -0.05) is 41.4 Å². The molecule has 1 N–H and O–H groups in total. The molecule has 0 spiro atoms. The molecule has 40 heavy (non-hydrogen) atoms. The van der Waals surface area contributed by atoms with E-state index in [1.807, 2.05) is 32.0 Å². The lowest BCUT2D eigenvalue weighted by Crippen LogP contribution is -2.27. The summed E-state index contributed by atoms with van der Waals surface area (Å²) in [6.45, 7) is 4.06. The van der Waals surface area contributed by atoms with Gasteiger partial charge in [-0.25, -0.2) is 4.79 Å². The molecule has 8 heteroatoms. The summed E-state index contributed by atoms with van der Waals surface area (Å²) in [4.78, 5) is 51.3. The SMILES string of the molecule is Cc1ccc2c(c1)c(CC(=O)NCCCC(=O)c1cc3ccccc3oc1=O)c(C)n2C(=O)c1ccc(Cl)cc1. The van der Waals surface area contributed by atoms with E-state index in [4.69, 9.17) is 16.0 Å². The normalized spacial score (nSPS) is 11.2. The van der Waals surface area contributed by atoms with E-state index >= 15 is 0 Å². The second-order valence-electron chi connectivity index (χ2n) is 9.77. The molecule has 3 aromatic carbocycles. The predicted octanol–water partition coefficient (Wildman–Crippen LogP) is 6.03. The Morgan fingerprint density at radius 2 is 1.70 bits per heavy atom. The summed E-state index contributed by atoms with van der Waals surface area (Å²) >= 11 is 6.00. The first kappa shape index (κ1) is 27.1. The van der Waals surface area contributed by atoms with E-state index in [1.54, 1.807) is 59.2 Å². The minimum atomic E-state index is -0.664. The van der Waals surface area contributed by atoms with Crippen LogP contribution < -0.4 is 10.9 Å². The fourth-order valence-corrected chi connectivity index (χ4v) is 5.02. The van der Waals surface area contributed by atoms with E-state index in [1.165, 1.54) is 0 Å². The van der Waals surface area contributed by atoms with Gasteiger partial charge in [-0.3, -0.25) is 19.0 Å². The second kappa shape index (κ2) is 11.3. The van der Waals surface area contributed by atoms with Crippen LogP contribution in [0.4, 0.5) is 0 Å². The Morgan fingerprint density at radius 3 is 2.48 bits per heavy atom. The number of hydrogen-bond donors (Lipinski definition) is 1. The number of aryl methyl sites for hydroxylation is 1. The van der Waals surface area contributed by atoms with Gasteiger partial charge in [0.2, 0.25) is 5.91 Å². The van der Waals surface area contributed by atoms with Crippen molar-refractivity contribution in [2.75, 3.05) is 6.54 Å². The third kappa shape index (κ3) is 5.46. The highest BCUT2D eigenvalue weighted by Gasteiger charge is 2.22. The Labute approximate surface area is 235 Å². The largest absolute Gasteiger partial charge is 0.422 e. The topological polar surface area (TPSA) is 98.4 Å². The molecule has 0 saturated heterocycles. The first-order valence-corrected chi connectivity index (χ1v) is 13.3. The van der Waals surface area contributed by atoms with Gasteiger partial charge >= 0.3 is 5.63 Å². The minimum Gasteiger partial charge on any atom is -0.422 e. The molecule has 0 saturated carbocycles. The Hall–Kier alpha value is -4.49. The Morgan fingerprint density at radius 1 is 0.950 bits per heavy atom. The van der Waals surface area contributed by atoms with Crippen LogP contribution >= 0.6 is 11.6 Å². The highest BCUT2D eigenvalue weighted by Crippen LogP contribution is 2.29.